The molecule has 0 amide bonds. The first-order chi connectivity index (χ1) is 9.08. The molecule has 1 aliphatic heterocycles. The van der Waals surface area contributed by atoms with Crippen LogP contribution in [0.5, 0.6) is 11.5 Å². The summed E-state index contributed by atoms with van der Waals surface area (Å²) >= 11 is 3.56. The number of hydrogen-bond donors (Lipinski definition) is 2. The number of hydrogen-bond acceptors (Lipinski definition) is 4. The van der Waals surface area contributed by atoms with Crippen molar-refractivity contribution in [3.63, 3.8) is 0 Å². The molecule has 19 heavy (non-hydrogen) atoms. The highest BCUT2D eigenvalue weighted by Gasteiger charge is 2.35. The van der Waals surface area contributed by atoms with Crippen LogP contribution in [0.2, 0.25) is 0 Å². The largest absolute Gasteiger partial charge is 0.454 e. The van der Waals surface area contributed by atoms with Crippen LogP contribution in [0.3, 0.4) is 0 Å². The minimum Gasteiger partial charge on any atom is -0.454 e. The van der Waals surface area contributed by atoms with Crippen LogP contribution in [0.25, 0.3) is 0 Å². The molecule has 1 aliphatic carbocycles. The highest BCUT2D eigenvalue weighted by molar-refractivity contribution is 9.09. The molecule has 1 aromatic rings. The lowest BCUT2D eigenvalue weighted by atomic mass is 9.76. The van der Waals surface area contributed by atoms with Gasteiger partial charge in [-0.3, -0.25) is 0 Å². The summed E-state index contributed by atoms with van der Waals surface area (Å²) in [6.45, 7) is 0.259. The van der Waals surface area contributed by atoms with Crippen LogP contribution in [0, 0.1) is 0 Å². The maximum Gasteiger partial charge on any atom is 0.231 e. The van der Waals surface area contributed by atoms with Crippen molar-refractivity contribution in [3.05, 3.63) is 29.8 Å². The molecule has 0 aromatic heterocycles. The third-order valence-electron chi connectivity index (χ3n) is 3.73. The summed E-state index contributed by atoms with van der Waals surface area (Å²) in [6, 6.07) is 3.81. The summed E-state index contributed by atoms with van der Waals surface area (Å²) in [6.07, 6.45) is 3.06. The summed E-state index contributed by atoms with van der Waals surface area (Å²) in [7, 11) is 2.02. The molecule has 0 spiro atoms. The average Bonchev–Trinajstić information content (AvgIpc) is 2.81. The van der Waals surface area contributed by atoms with E-state index in [-0.39, 0.29) is 23.6 Å². The second-order valence-corrected chi connectivity index (χ2v) is 6.04. The third kappa shape index (κ3) is 2.18. The highest BCUT2D eigenvalue weighted by atomic mass is 79.9. The van der Waals surface area contributed by atoms with Crippen molar-refractivity contribution in [2.45, 2.75) is 22.9 Å². The molecule has 0 bridgehead atoms. The molecule has 1 aromatic carbocycles. The van der Waals surface area contributed by atoms with Gasteiger partial charge < -0.3 is 20.3 Å². The van der Waals surface area contributed by atoms with Crippen LogP contribution in [0.15, 0.2) is 24.3 Å². The summed E-state index contributed by atoms with van der Waals surface area (Å²) < 4.78 is 10.8. The first-order valence-electron chi connectivity index (χ1n) is 6.24. The number of ether oxygens (including phenoxy) is 2. The van der Waals surface area contributed by atoms with Crippen LogP contribution in [0.1, 0.15) is 11.5 Å². The molecule has 4 atom stereocenters. The summed E-state index contributed by atoms with van der Waals surface area (Å²) in [4.78, 5) is -0.105. The van der Waals surface area contributed by atoms with E-state index in [2.05, 4.69) is 15.9 Å². The molecule has 1 heterocycles. The van der Waals surface area contributed by atoms with E-state index in [4.69, 9.17) is 15.2 Å². The van der Waals surface area contributed by atoms with E-state index < -0.39 is 6.10 Å². The molecule has 2 aliphatic rings. The number of aliphatic hydroxyl groups is 1. The van der Waals surface area contributed by atoms with Crippen molar-refractivity contribution < 1.29 is 14.6 Å². The molecule has 3 N–H and O–H groups in total. The zero-order chi connectivity index (χ0) is 13.6. The number of benzene rings is 1. The molecule has 0 saturated carbocycles. The van der Waals surface area contributed by atoms with E-state index in [1.54, 1.807) is 6.08 Å². The Labute approximate surface area is 121 Å². The summed E-state index contributed by atoms with van der Waals surface area (Å²) in [5, 5.41) is 9.97. The van der Waals surface area contributed by atoms with Crippen LogP contribution >= 0.6 is 15.9 Å². The van der Waals surface area contributed by atoms with E-state index in [1.807, 2.05) is 26.1 Å². The van der Waals surface area contributed by atoms with Crippen LogP contribution in [-0.4, -0.2) is 36.7 Å². The molecule has 4 nitrogen and oxygen atoms in total. The molecule has 6 heteroatoms. The van der Waals surface area contributed by atoms with Crippen molar-refractivity contribution in [1.29, 1.82) is 0 Å². The maximum absolute atomic E-state index is 9.97. The zero-order valence-electron chi connectivity index (χ0n) is 10.5. The van der Waals surface area contributed by atoms with Crippen molar-refractivity contribution in [2.75, 3.05) is 6.79 Å². The fourth-order valence-corrected chi connectivity index (χ4v) is 3.50. The number of fused-ring (bicyclic) bond motifs is 1. The van der Waals surface area contributed by atoms with Gasteiger partial charge >= 0.3 is 0 Å². The number of nitrogens with two attached hydrogens (primary N) is 1. The molecule has 0 unspecified atom stereocenters. The van der Waals surface area contributed by atoms with E-state index in [9.17, 15) is 5.11 Å². The van der Waals surface area contributed by atoms with Gasteiger partial charge in [0.25, 0.3) is 0 Å². The smallest absolute Gasteiger partial charge is 0.231 e. The van der Waals surface area contributed by atoms with Crippen molar-refractivity contribution >= 4 is 29.2 Å². The van der Waals surface area contributed by atoms with Gasteiger partial charge in [0.15, 0.2) is 11.5 Å². The highest BCUT2D eigenvalue weighted by Crippen LogP contribution is 2.38. The number of halogens is 1. The van der Waals surface area contributed by atoms with E-state index >= 15 is 0 Å². The first-order valence-corrected chi connectivity index (χ1v) is 7.15. The lowest BCUT2D eigenvalue weighted by Crippen LogP contribution is -2.42. The predicted octanol–water partition coefficient (Wildman–Crippen LogP) is -0.221. The second-order valence-electron chi connectivity index (χ2n) is 4.99. The Bertz CT molecular complexity index is 537. The van der Waals surface area contributed by atoms with E-state index in [1.165, 1.54) is 0 Å². The lowest BCUT2D eigenvalue weighted by Gasteiger charge is -2.34. The van der Waals surface area contributed by atoms with Gasteiger partial charge in [0.05, 0.1) is 10.9 Å². The average molecular weight is 324 g/mol. The Kier molecular flexibility index (Phi) is 3.33. The molecule has 0 saturated heterocycles. The Morgan fingerprint density at radius 3 is 2.68 bits per heavy atom. The Hall–Kier alpha value is -0.975. The standard InChI is InChI=1S/C13H15BBrNO3/c14-7-4-11-10(18-5-19-11)3-6(7)12-8(16)1-2-9(17)13(12)15/h1-4,8-9,12-13,17H,5,14,16H2/t8-,9+,12+,13-/m0/s1. The van der Waals surface area contributed by atoms with Crippen molar-refractivity contribution in [3.8, 4) is 11.5 Å². The van der Waals surface area contributed by atoms with Crippen LogP contribution in [0.4, 0.5) is 0 Å². The van der Waals surface area contributed by atoms with E-state index in [0.717, 1.165) is 22.5 Å². The SMILES string of the molecule is Bc1cc2c(cc1[C@H]1[C@@H](Br)[C@H](O)C=C[C@@H]1N)OCO2. The Balaban J connectivity index is 2.04. The van der Waals surface area contributed by atoms with Crippen molar-refractivity contribution in [2.24, 2.45) is 5.73 Å². The fraction of sp³-hybridized carbons (Fsp3) is 0.385. The molecule has 0 radical (unpaired) electrons. The molecule has 0 fully saturated rings. The minimum absolute atomic E-state index is 0.00880. The summed E-state index contributed by atoms with van der Waals surface area (Å²) in [5.74, 6) is 1.53. The third-order valence-corrected chi connectivity index (χ3v) is 4.85. The van der Waals surface area contributed by atoms with Gasteiger partial charge in [-0.1, -0.05) is 33.5 Å². The molecular formula is C13H15BBrNO3. The first kappa shape index (κ1) is 13.0. The van der Waals surface area contributed by atoms with Gasteiger partial charge in [0.2, 0.25) is 6.79 Å². The quantitative estimate of drug-likeness (QED) is 0.426. The maximum atomic E-state index is 9.97. The number of alkyl halides is 1. The second kappa shape index (κ2) is 4.85. The topological polar surface area (TPSA) is 64.7 Å². The summed E-state index contributed by atoms with van der Waals surface area (Å²) in [5.41, 5.74) is 8.36. The van der Waals surface area contributed by atoms with Gasteiger partial charge in [-0.05, 0) is 17.7 Å². The normalized spacial score (nSPS) is 32.6. The van der Waals surface area contributed by atoms with Gasteiger partial charge in [-0.15, -0.1) is 0 Å². The monoisotopic (exact) mass is 323 g/mol. The number of rotatable bonds is 1. The number of aliphatic hydroxyl groups excluding tert-OH is 1. The van der Waals surface area contributed by atoms with Crippen LogP contribution < -0.4 is 20.7 Å². The Morgan fingerprint density at radius 1 is 1.26 bits per heavy atom. The van der Waals surface area contributed by atoms with Crippen LogP contribution in [-0.2, 0) is 0 Å². The Morgan fingerprint density at radius 2 is 1.95 bits per heavy atom. The predicted molar refractivity (Wildman–Crippen MR) is 79.3 cm³/mol. The molecular weight excluding hydrogens is 309 g/mol. The van der Waals surface area contributed by atoms with Crippen molar-refractivity contribution in [1.82, 2.24) is 0 Å². The van der Waals surface area contributed by atoms with Gasteiger partial charge in [-0.2, -0.15) is 0 Å². The molecule has 100 valence electrons. The van der Waals surface area contributed by atoms with Gasteiger partial charge in [0.1, 0.15) is 7.85 Å². The van der Waals surface area contributed by atoms with E-state index in [0.29, 0.717) is 0 Å². The van der Waals surface area contributed by atoms with Gasteiger partial charge in [0, 0.05) is 12.0 Å². The minimum atomic E-state index is -0.533. The lowest BCUT2D eigenvalue weighted by molar-refractivity contribution is 0.174. The fourth-order valence-electron chi connectivity index (χ4n) is 2.69. The van der Waals surface area contributed by atoms with Gasteiger partial charge in [-0.25, -0.2) is 0 Å². The zero-order valence-corrected chi connectivity index (χ0v) is 12.1. The molecule has 3 rings (SSSR count).